The van der Waals surface area contributed by atoms with Crippen LogP contribution in [0.2, 0.25) is 0 Å². The van der Waals surface area contributed by atoms with Crippen molar-refractivity contribution in [3.05, 3.63) is 146 Å². The number of benzene rings is 7. The highest BCUT2D eigenvalue weighted by atomic mass is 16.4. The SMILES string of the molecule is c1ccc(-c2ccccc2-c2c3ccccc3c(-c3cc4ccoc4c4oc5ccccc5c34)c3ccccc23)cc1. The first-order valence-electron chi connectivity index (χ1n) is 14.3. The smallest absolute Gasteiger partial charge is 0.179 e. The number of hydrogen-bond acceptors (Lipinski definition) is 2. The standard InChI is InChI=1S/C40H24O2/c1-2-12-25(13-3-1)27-14-4-5-15-28(27)36-29-16-6-8-18-31(29)37(32-19-9-7-17-30(32)36)34-24-26-22-23-41-39(26)40-38(34)33-20-10-11-21-35(33)42-40/h1-24H. The number of rotatable bonds is 3. The van der Waals surface area contributed by atoms with Gasteiger partial charge in [0.25, 0.3) is 0 Å². The van der Waals surface area contributed by atoms with Gasteiger partial charge in [-0.15, -0.1) is 0 Å². The lowest BCUT2D eigenvalue weighted by molar-refractivity contribution is 0.600. The van der Waals surface area contributed by atoms with Crippen molar-refractivity contribution < 1.29 is 8.83 Å². The van der Waals surface area contributed by atoms with Gasteiger partial charge in [0.05, 0.1) is 6.26 Å². The average molecular weight is 537 g/mol. The molecule has 0 aliphatic heterocycles. The van der Waals surface area contributed by atoms with Gasteiger partial charge in [-0.05, 0) is 73.1 Å². The Morgan fingerprint density at radius 1 is 0.405 bits per heavy atom. The van der Waals surface area contributed by atoms with Gasteiger partial charge >= 0.3 is 0 Å². The molecule has 0 bridgehead atoms. The van der Waals surface area contributed by atoms with E-state index in [1.807, 2.05) is 18.2 Å². The Bertz CT molecular complexity index is 2400. The van der Waals surface area contributed by atoms with E-state index in [0.717, 1.165) is 38.5 Å². The van der Waals surface area contributed by atoms with Gasteiger partial charge in [-0.25, -0.2) is 0 Å². The van der Waals surface area contributed by atoms with Crippen molar-refractivity contribution in [2.24, 2.45) is 0 Å². The van der Waals surface area contributed by atoms with Crippen LogP contribution in [0.4, 0.5) is 0 Å². The first kappa shape index (κ1) is 23.1. The van der Waals surface area contributed by atoms with Gasteiger partial charge in [-0.2, -0.15) is 0 Å². The van der Waals surface area contributed by atoms with Gasteiger partial charge < -0.3 is 8.83 Å². The Kier molecular flexibility index (Phi) is 4.93. The third-order valence-electron chi connectivity index (χ3n) is 8.55. The van der Waals surface area contributed by atoms with Crippen LogP contribution >= 0.6 is 0 Å². The van der Waals surface area contributed by atoms with Crippen molar-refractivity contribution in [2.75, 3.05) is 0 Å². The van der Waals surface area contributed by atoms with Crippen LogP contribution in [0.3, 0.4) is 0 Å². The second kappa shape index (κ2) is 8.95. The molecule has 2 heterocycles. The number of fused-ring (bicyclic) bond motifs is 7. The average Bonchev–Trinajstić information content (AvgIpc) is 3.69. The summed E-state index contributed by atoms with van der Waals surface area (Å²) in [4.78, 5) is 0. The van der Waals surface area contributed by atoms with E-state index in [2.05, 4.69) is 121 Å². The molecular formula is C40H24O2. The molecule has 0 radical (unpaired) electrons. The molecule has 0 spiro atoms. The van der Waals surface area contributed by atoms with Crippen molar-refractivity contribution in [3.63, 3.8) is 0 Å². The Hall–Kier alpha value is -5.60. The predicted molar refractivity (Wildman–Crippen MR) is 175 cm³/mol. The summed E-state index contributed by atoms with van der Waals surface area (Å²) in [5, 5.41) is 8.08. The lowest BCUT2D eigenvalue weighted by Gasteiger charge is -2.20. The molecule has 0 aliphatic carbocycles. The van der Waals surface area contributed by atoms with Crippen LogP contribution in [0.15, 0.2) is 155 Å². The van der Waals surface area contributed by atoms with E-state index in [-0.39, 0.29) is 0 Å². The summed E-state index contributed by atoms with van der Waals surface area (Å²) in [6, 6.07) is 49.7. The van der Waals surface area contributed by atoms with Gasteiger partial charge in [0.2, 0.25) is 0 Å². The highest BCUT2D eigenvalue weighted by molar-refractivity contribution is 6.28. The number of furan rings is 2. The van der Waals surface area contributed by atoms with Crippen LogP contribution in [-0.4, -0.2) is 0 Å². The quantitative estimate of drug-likeness (QED) is 0.210. The highest BCUT2D eigenvalue weighted by Gasteiger charge is 2.23. The second-order valence-electron chi connectivity index (χ2n) is 10.8. The maximum absolute atomic E-state index is 6.47. The minimum absolute atomic E-state index is 0.784. The van der Waals surface area contributed by atoms with Crippen LogP contribution in [0.5, 0.6) is 0 Å². The van der Waals surface area contributed by atoms with E-state index in [4.69, 9.17) is 8.83 Å². The molecule has 2 heteroatoms. The molecule has 0 unspecified atom stereocenters. The fourth-order valence-electron chi connectivity index (χ4n) is 6.79. The van der Waals surface area contributed by atoms with Gasteiger partial charge in [0, 0.05) is 16.2 Å². The minimum Gasteiger partial charge on any atom is -0.460 e. The van der Waals surface area contributed by atoms with E-state index >= 15 is 0 Å². The van der Waals surface area contributed by atoms with Crippen LogP contribution in [0, 0.1) is 0 Å². The first-order valence-corrected chi connectivity index (χ1v) is 14.3. The maximum atomic E-state index is 6.47. The fourth-order valence-corrected chi connectivity index (χ4v) is 6.79. The van der Waals surface area contributed by atoms with E-state index in [9.17, 15) is 0 Å². The van der Waals surface area contributed by atoms with Gasteiger partial charge in [-0.3, -0.25) is 0 Å². The predicted octanol–water partition coefficient (Wildman–Crippen LogP) is 11.6. The molecule has 0 saturated carbocycles. The van der Waals surface area contributed by atoms with E-state index in [1.54, 1.807) is 6.26 Å². The van der Waals surface area contributed by atoms with Crippen LogP contribution in [0.25, 0.3) is 87.8 Å². The Morgan fingerprint density at radius 3 is 1.64 bits per heavy atom. The summed E-state index contributed by atoms with van der Waals surface area (Å²) >= 11 is 0. The van der Waals surface area contributed by atoms with E-state index < -0.39 is 0 Å². The highest BCUT2D eigenvalue weighted by Crippen LogP contribution is 2.49. The molecule has 42 heavy (non-hydrogen) atoms. The maximum Gasteiger partial charge on any atom is 0.179 e. The van der Waals surface area contributed by atoms with Crippen LogP contribution in [-0.2, 0) is 0 Å². The summed E-state index contributed by atoms with van der Waals surface area (Å²) in [5.41, 5.74) is 9.72. The van der Waals surface area contributed by atoms with Crippen molar-refractivity contribution >= 4 is 54.5 Å². The second-order valence-corrected chi connectivity index (χ2v) is 10.8. The monoisotopic (exact) mass is 536 g/mol. The summed E-state index contributed by atoms with van der Waals surface area (Å²) in [5.74, 6) is 0. The van der Waals surface area contributed by atoms with E-state index in [1.165, 1.54) is 49.4 Å². The molecule has 0 aliphatic rings. The normalized spacial score (nSPS) is 11.8. The Morgan fingerprint density at radius 2 is 0.952 bits per heavy atom. The zero-order valence-electron chi connectivity index (χ0n) is 22.7. The molecule has 9 rings (SSSR count). The molecule has 0 N–H and O–H groups in total. The van der Waals surface area contributed by atoms with Crippen molar-refractivity contribution in [2.45, 2.75) is 0 Å². The number of hydrogen-bond donors (Lipinski definition) is 0. The third-order valence-corrected chi connectivity index (χ3v) is 8.55. The Labute approximate surface area is 242 Å². The molecule has 7 aromatic carbocycles. The zero-order valence-corrected chi connectivity index (χ0v) is 22.7. The van der Waals surface area contributed by atoms with E-state index in [0.29, 0.717) is 0 Å². The number of para-hydroxylation sites is 1. The fraction of sp³-hybridized carbons (Fsp3) is 0. The van der Waals surface area contributed by atoms with Crippen LogP contribution < -0.4 is 0 Å². The molecular weight excluding hydrogens is 512 g/mol. The molecule has 0 amide bonds. The van der Waals surface area contributed by atoms with Gasteiger partial charge in [0.15, 0.2) is 11.2 Å². The lowest BCUT2D eigenvalue weighted by atomic mass is 9.83. The molecule has 9 aromatic rings. The van der Waals surface area contributed by atoms with Crippen molar-refractivity contribution in [1.29, 1.82) is 0 Å². The Balaban J connectivity index is 1.48. The third kappa shape index (κ3) is 3.27. The zero-order chi connectivity index (χ0) is 27.6. The van der Waals surface area contributed by atoms with Crippen molar-refractivity contribution in [1.82, 2.24) is 0 Å². The molecule has 2 aromatic heterocycles. The molecule has 0 fully saturated rings. The minimum atomic E-state index is 0.784. The first-order chi connectivity index (χ1) is 20.9. The summed E-state index contributed by atoms with van der Waals surface area (Å²) < 4.78 is 12.4. The largest absolute Gasteiger partial charge is 0.460 e. The summed E-state index contributed by atoms with van der Waals surface area (Å²) in [7, 11) is 0. The molecule has 0 saturated heterocycles. The van der Waals surface area contributed by atoms with Crippen LogP contribution in [0.1, 0.15) is 0 Å². The topological polar surface area (TPSA) is 26.3 Å². The molecule has 2 nitrogen and oxygen atoms in total. The van der Waals surface area contributed by atoms with Gasteiger partial charge in [-0.1, -0.05) is 121 Å². The van der Waals surface area contributed by atoms with Gasteiger partial charge in [0.1, 0.15) is 5.58 Å². The summed E-state index contributed by atoms with van der Waals surface area (Å²) in [6.07, 6.45) is 1.75. The lowest BCUT2D eigenvalue weighted by Crippen LogP contribution is -1.93. The molecule has 196 valence electrons. The van der Waals surface area contributed by atoms with Crippen molar-refractivity contribution in [3.8, 4) is 33.4 Å². The summed E-state index contributed by atoms with van der Waals surface area (Å²) in [6.45, 7) is 0. The molecule has 0 atom stereocenters.